The maximum Gasteiger partial charge on any atom is 0.433 e. The summed E-state index contributed by atoms with van der Waals surface area (Å²) in [7, 11) is -1.39. The molecule has 2 aromatic heterocycles. The Hall–Kier alpha value is -1.74. The van der Waals surface area contributed by atoms with Gasteiger partial charge in [0, 0.05) is 17.6 Å². The van der Waals surface area contributed by atoms with Gasteiger partial charge in [-0.25, -0.2) is 8.89 Å². The van der Waals surface area contributed by atoms with Gasteiger partial charge < -0.3 is 0 Å². The van der Waals surface area contributed by atoms with Gasteiger partial charge in [0.2, 0.25) is 0 Å². The number of alkyl halides is 3. The summed E-state index contributed by atoms with van der Waals surface area (Å²) in [6.45, 7) is 1.84. The van der Waals surface area contributed by atoms with E-state index in [2.05, 4.69) is 10.1 Å². The van der Waals surface area contributed by atoms with Crippen molar-refractivity contribution in [2.24, 2.45) is 5.14 Å². The van der Waals surface area contributed by atoms with Crippen molar-refractivity contribution < 1.29 is 17.4 Å². The Morgan fingerprint density at radius 2 is 2.24 bits per heavy atom. The van der Waals surface area contributed by atoms with Crippen LogP contribution in [0.2, 0.25) is 0 Å². The average molecular weight is 372 g/mol. The lowest BCUT2D eigenvalue weighted by Gasteiger charge is -2.23. The third-order valence-electron chi connectivity index (χ3n) is 4.54. The fraction of sp³-hybridized carbons (Fsp3) is 0.500. The Morgan fingerprint density at radius 1 is 1.48 bits per heavy atom. The highest BCUT2D eigenvalue weighted by molar-refractivity contribution is 7.83. The highest BCUT2D eigenvalue weighted by atomic mass is 32.2. The molecule has 2 unspecified atom stereocenters. The van der Waals surface area contributed by atoms with Gasteiger partial charge in [-0.1, -0.05) is 0 Å². The molecule has 0 aromatic carbocycles. The quantitative estimate of drug-likeness (QED) is 0.896. The fourth-order valence-corrected chi connectivity index (χ4v) is 3.64. The molecule has 0 radical (unpaired) electrons. The number of pyridine rings is 1. The Kier molecular flexibility index (Phi) is 4.97. The van der Waals surface area contributed by atoms with E-state index in [9.17, 15) is 17.4 Å². The zero-order valence-corrected chi connectivity index (χ0v) is 14.5. The minimum atomic E-state index is -4.49. The van der Waals surface area contributed by atoms with Crippen molar-refractivity contribution >= 4 is 11.0 Å². The van der Waals surface area contributed by atoms with Crippen LogP contribution in [0.5, 0.6) is 0 Å². The van der Waals surface area contributed by atoms with Crippen LogP contribution >= 0.6 is 0 Å². The molecule has 0 spiro atoms. The lowest BCUT2D eigenvalue weighted by molar-refractivity contribution is -0.141. The first-order valence-electron chi connectivity index (χ1n) is 8.02. The van der Waals surface area contributed by atoms with Gasteiger partial charge in [-0.2, -0.15) is 18.3 Å². The van der Waals surface area contributed by atoms with E-state index in [0.29, 0.717) is 12.1 Å². The van der Waals surface area contributed by atoms with Crippen molar-refractivity contribution in [2.45, 2.75) is 50.0 Å². The van der Waals surface area contributed by atoms with Crippen molar-refractivity contribution in [1.82, 2.24) is 14.8 Å². The van der Waals surface area contributed by atoms with Crippen LogP contribution in [0.1, 0.15) is 49.1 Å². The van der Waals surface area contributed by atoms with Crippen LogP contribution < -0.4 is 5.14 Å². The van der Waals surface area contributed by atoms with Crippen LogP contribution in [0.15, 0.2) is 24.5 Å². The molecule has 2 heterocycles. The van der Waals surface area contributed by atoms with E-state index in [4.69, 9.17) is 5.14 Å². The first-order chi connectivity index (χ1) is 11.8. The molecule has 0 fully saturated rings. The van der Waals surface area contributed by atoms with E-state index in [1.54, 1.807) is 6.20 Å². The summed E-state index contributed by atoms with van der Waals surface area (Å²) >= 11 is 0. The lowest BCUT2D eigenvalue weighted by atomic mass is 9.84. The monoisotopic (exact) mass is 372 g/mol. The highest BCUT2D eigenvalue weighted by Gasteiger charge is 2.33. The predicted molar refractivity (Wildman–Crippen MR) is 88.4 cm³/mol. The van der Waals surface area contributed by atoms with Crippen LogP contribution in [-0.2, 0) is 23.6 Å². The van der Waals surface area contributed by atoms with Gasteiger partial charge in [0.05, 0.1) is 22.4 Å². The standard InChI is InChI=1S/C16H19F3N4OS/c1-10(25(20)24)7-11-3-2-4-14-13(11)9-23(22-14)12-5-6-21-15(8-12)16(17,18)19/h5-6,8-11H,2-4,7,20H2,1H3/t10?,11-,25?/m0/s1. The van der Waals surface area contributed by atoms with E-state index < -0.39 is 22.9 Å². The molecule has 0 saturated carbocycles. The number of rotatable bonds is 4. The second kappa shape index (κ2) is 6.87. The number of hydrogen-bond acceptors (Lipinski definition) is 3. The van der Waals surface area contributed by atoms with Crippen molar-refractivity contribution in [3.8, 4) is 5.69 Å². The average Bonchev–Trinajstić information content (AvgIpc) is 2.99. The van der Waals surface area contributed by atoms with Crippen LogP contribution in [0.4, 0.5) is 13.2 Å². The number of halogens is 3. The van der Waals surface area contributed by atoms with Crippen molar-refractivity contribution in [1.29, 1.82) is 0 Å². The van der Waals surface area contributed by atoms with Gasteiger partial charge >= 0.3 is 6.18 Å². The SMILES string of the molecule is CC(C[C@@H]1CCCc2nn(-c3ccnc(C(F)(F)F)c3)cc21)S(N)=O. The first-order valence-corrected chi connectivity index (χ1v) is 9.30. The van der Waals surface area contributed by atoms with Gasteiger partial charge in [-0.05, 0) is 56.2 Å². The number of fused-ring (bicyclic) bond motifs is 1. The molecular weight excluding hydrogens is 353 g/mol. The molecular formula is C16H19F3N4OS. The fourth-order valence-electron chi connectivity index (χ4n) is 3.22. The van der Waals surface area contributed by atoms with E-state index in [1.807, 2.05) is 6.92 Å². The Bertz CT molecular complexity index is 790. The second-order valence-corrected chi connectivity index (χ2v) is 7.80. The van der Waals surface area contributed by atoms with Crippen LogP contribution in [0, 0.1) is 0 Å². The molecule has 0 amide bonds. The summed E-state index contributed by atoms with van der Waals surface area (Å²) in [5.41, 5.74) is 1.28. The Morgan fingerprint density at radius 3 is 2.92 bits per heavy atom. The molecule has 1 aliphatic rings. The molecule has 5 nitrogen and oxygen atoms in total. The minimum absolute atomic E-state index is 0.142. The Balaban J connectivity index is 1.91. The van der Waals surface area contributed by atoms with E-state index in [1.165, 1.54) is 10.7 Å². The lowest BCUT2D eigenvalue weighted by Crippen LogP contribution is -2.22. The number of aromatic nitrogens is 3. The van der Waals surface area contributed by atoms with Crippen molar-refractivity contribution in [3.63, 3.8) is 0 Å². The van der Waals surface area contributed by atoms with Gasteiger partial charge in [-0.15, -0.1) is 0 Å². The summed E-state index contributed by atoms with van der Waals surface area (Å²) in [5.74, 6) is 0.170. The second-order valence-electron chi connectivity index (χ2n) is 6.34. The summed E-state index contributed by atoms with van der Waals surface area (Å²) in [6.07, 6.45) is 1.76. The van der Waals surface area contributed by atoms with Crippen molar-refractivity contribution in [2.75, 3.05) is 0 Å². The predicted octanol–water partition coefficient (Wildman–Crippen LogP) is 3.11. The molecule has 0 aliphatic heterocycles. The normalized spacial score (nSPS) is 20.1. The Labute approximate surface area is 146 Å². The number of nitrogens with two attached hydrogens (primary N) is 1. The first kappa shape index (κ1) is 18.1. The van der Waals surface area contributed by atoms with Crippen LogP contribution in [0.3, 0.4) is 0 Å². The summed E-state index contributed by atoms with van der Waals surface area (Å²) in [4.78, 5) is 3.38. The van der Waals surface area contributed by atoms with Crippen LogP contribution in [0.25, 0.3) is 5.69 Å². The van der Waals surface area contributed by atoms with Gasteiger partial charge in [0.1, 0.15) is 5.69 Å². The smallest absolute Gasteiger partial charge is 0.252 e. The molecule has 0 saturated heterocycles. The van der Waals surface area contributed by atoms with E-state index in [0.717, 1.165) is 42.8 Å². The molecule has 1 aliphatic carbocycles. The molecule has 9 heteroatoms. The summed E-state index contributed by atoms with van der Waals surface area (Å²) in [6, 6.07) is 2.49. The number of nitrogens with zero attached hydrogens (tertiary/aromatic N) is 3. The number of hydrogen-bond donors (Lipinski definition) is 1. The maximum absolute atomic E-state index is 12.9. The molecule has 25 heavy (non-hydrogen) atoms. The highest BCUT2D eigenvalue weighted by Crippen LogP contribution is 2.36. The molecule has 2 aromatic rings. The molecule has 3 rings (SSSR count). The summed E-state index contributed by atoms with van der Waals surface area (Å²) < 4.78 is 51.5. The largest absolute Gasteiger partial charge is 0.433 e. The van der Waals surface area contributed by atoms with Gasteiger partial charge in [0.25, 0.3) is 0 Å². The van der Waals surface area contributed by atoms with Gasteiger partial charge in [-0.3, -0.25) is 10.1 Å². The van der Waals surface area contributed by atoms with Crippen LogP contribution in [-0.4, -0.2) is 24.2 Å². The van der Waals surface area contributed by atoms with Crippen molar-refractivity contribution in [3.05, 3.63) is 41.5 Å². The van der Waals surface area contributed by atoms with Gasteiger partial charge in [0.15, 0.2) is 0 Å². The summed E-state index contributed by atoms with van der Waals surface area (Å²) in [5, 5.41) is 9.78. The van der Waals surface area contributed by atoms with E-state index >= 15 is 0 Å². The zero-order valence-electron chi connectivity index (χ0n) is 13.7. The molecule has 136 valence electrons. The maximum atomic E-state index is 12.9. The molecule has 3 atom stereocenters. The zero-order chi connectivity index (χ0) is 18.2. The topological polar surface area (TPSA) is 73.8 Å². The minimum Gasteiger partial charge on any atom is -0.252 e. The molecule has 2 N–H and O–H groups in total. The van der Waals surface area contributed by atoms with E-state index in [-0.39, 0.29) is 11.2 Å². The molecule has 0 bridgehead atoms. The third-order valence-corrected chi connectivity index (χ3v) is 5.53. The third kappa shape index (κ3) is 3.92. The number of aryl methyl sites for hydroxylation is 1.